The molecule has 0 aliphatic carbocycles. The molecule has 0 amide bonds. The van der Waals surface area contributed by atoms with Gasteiger partial charge in [-0.2, -0.15) is 0 Å². The van der Waals surface area contributed by atoms with Gasteiger partial charge in [0.2, 0.25) is 0 Å². The molecule has 134 valence electrons. The number of aliphatic hydroxyl groups excluding tert-OH is 1. The minimum atomic E-state index is -0.805. The fourth-order valence-corrected chi connectivity index (χ4v) is 2.45. The maximum absolute atomic E-state index is 13.6. The monoisotopic (exact) mass is 368 g/mol. The van der Waals surface area contributed by atoms with Crippen molar-refractivity contribution in [2.45, 2.75) is 11.4 Å². The average Bonchev–Trinajstić information content (AvgIpc) is 2.58. The Bertz CT molecular complexity index is 728. The fraction of sp³-hybridized carbons (Fsp3) is 0.200. The summed E-state index contributed by atoms with van der Waals surface area (Å²) in [5.41, 5.74) is 6.48. The van der Waals surface area contributed by atoms with Gasteiger partial charge in [0.1, 0.15) is 11.6 Å². The highest BCUT2D eigenvalue weighted by molar-refractivity contribution is 7.97. The molecule has 0 spiro atoms. The molecule has 1 heterocycles. The van der Waals surface area contributed by atoms with Crippen molar-refractivity contribution in [1.29, 1.82) is 0 Å². The van der Waals surface area contributed by atoms with Crippen molar-refractivity contribution in [1.82, 2.24) is 14.8 Å². The minimum absolute atomic E-state index is 0.0397. The number of hydrogen-bond donors (Lipinski definition) is 4. The Morgan fingerprint density at radius 2 is 2.04 bits per heavy atom. The highest BCUT2D eigenvalue weighted by Crippen LogP contribution is 2.15. The highest BCUT2D eigenvalue weighted by atomic mass is 32.2. The molecule has 0 saturated heterocycles. The molecule has 0 fully saturated rings. The van der Waals surface area contributed by atoms with Gasteiger partial charge in [0.05, 0.1) is 25.0 Å². The molecule has 0 atom stereocenters. The zero-order valence-electron chi connectivity index (χ0n) is 13.2. The molecule has 1 aromatic carbocycles. The van der Waals surface area contributed by atoms with Crippen LogP contribution in [0.2, 0.25) is 0 Å². The van der Waals surface area contributed by atoms with Gasteiger partial charge in [-0.3, -0.25) is 9.71 Å². The van der Waals surface area contributed by atoms with Crippen LogP contribution in [-0.4, -0.2) is 34.2 Å². The first kappa shape index (κ1) is 19.1. The third kappa shape index (κ3) is 5.94. The number of nitrogens with two attached hydrogens (primary N) is 2. The van der Waals surface area contributed by atoms with Crippen molar-refractivity contribution < 1.29 is 13.9 Å². The van der Waals surface area contributed by atoms with Crippen molar-refractivity contribution in [3.05, 3.63) is 59.4 Å². The van der Waals surface area contributed by atoms with Crippen LogP contribution >= 0.6 is 11.9 Å². The topological polar surface area (TPSA) is 113 Å². The van der Waals surface area contributed by atoms with Crippen molar-refractivity contribution >= 4 is 17.8 Å². The molecule has 0 saturated carbocycles. The van der Waals surface area contributed by atoms with Gasteiger partial charge in [0, 0.05) is 23.1 Å². The molecular formula is C15H18F2N6OS. The second-order valence-electron chi connectivity index (χ2n) is 4.91. The first-order valence-corrected chi connectivity index (χ1v) is 8.08. The van der Waals surface area contributed by atoms with Crippen LogP contribution in [0.3, 0.4) is 0 Å². The zero-order chi connectivity index (χ0) is 18.2. The molecular weight excluding hydrogens is 350 g/mol. The highest BCUT2D eigenvalue weighted by Gasteiger charge is 2.09. The van der Waals surface area contributed by atoms with E-state index in [4.69, 9.17) is 16.7 Å². The summed E-state index contributed by atoms with van der Waals surface area (Å²) >= 11 is 1.38. The number of aromatic nitrogens is 1. The molecule has 6 N–H and O–H groups in total. The lowest BCUT2D eigenvalue weighted by atomic mass is 10.2. The fourth-order valence-electron chi connectivity index (χ4n) is 1.82. The maximum atomic E-state index is 13.6. The smallest absolute Gasteiger partial charge is 0.152 e. The third-order valence-corrected chi connectivity index (χ3v) is 3.84. The molecule has 0 unspecified atom stereocenters. The van der Waals surface area contributed by atoms with Gasteiger partial charge in [0.25, 0.3) is 0 Å². The van der Waals surface area contributed by atoms with E-state index in [2.05, 4.69) is 14.8 Å². The van der Waals surface area contributed by atoms with E-state index in [1.807, 2.05) is 12.1 Å². The summed E-state index contributed by atoms with van der Waals surface area (Å²) in [5, 5.41) is 13.6. The Hall–Kier alpha value is -2.27. The molecule has 7 nitrogen and oxygen atoms in total. The molecule has 10 heteroatoms. The molecule has 2 aromatic rings. The van der Waals surface area contributed by atoms with Crippen molar-refractivity contribution in [3.8, 4) is 0 Å². The Balaban J connectivity index is 1.99. The standard InChI is InChI=1S/C15H18F2N6OS/c16-11-7-13(17)14(20-8-11)9-23(19)22-15(18)10-1-3-12(4-2-10)25-21-5-6-24/h1-4,7-8,21,24H,5-6,9,19H2,(H2,18,22). The predicted molar refractivity (Wildman–Crippen MR) is 92.0 cm³/mol. The lowest BCUT2D eigenvalue weighted by molar-refractivity contribution is 0.281. The average molecular weight is 368 g/mol. The van der Waals surface area contributed by atoms with Gasteiger partial charge in [0.15, 0.2) is 5.84 Å². The first-order valence-electron chi connectivity index (χ1n) is 7.27. The largest absolute Gasteiger partial charge is 0.395 e. The third-order valence-electron chi connectivity index (χ3n) is 2.99. The number of nitrogens with one attached hydrogen (secondary N) is 1. The number of hydrazine groups is 1. The second-order valence-corrected chi connectivity index (χ2v) is 5.87. The normalized spacial score (nSPS) is 11.6. The minimum Gasteiger partial charge on any atom is -0.395 e. The molecule has 2 rings (SSSR count). The number of halogens is 2. The van der Waals surface area contributed by atoms with Crippen molar-refractivity contribution in [2.24, 2.45) is 16.7 Å². The van der Waals surface area contributed by atoms with Gasteiger partial charge < -0.3 is 10.8 Å². The summed E-state index contributed by atoms with van der Waals surface area (Å²) in [6, 6.07) is 7.90. The molecule has 0 aliphatic heterocycles. The summed E-state index contributed by atoms with van der Waals surface area (Å²) in [6.07, 6.45) is 0.903. The number of rotatable bonds is 8. The Kier molecular flexibility index (Phi) is 7.07. The molecule has 0 aliphatic rings. The maximum Gasteiger partial charge on any atom is 0.152 e. The van der Waals surface area contributed by atoms with Gasteiger partial charge in [-0.05, 0) is 24.1 Å². The van der Waals surface area contributed by atoms with Crippen LogP contribution in [-0.2, 0) is 6.54 Å². The summed E-state index contributed by atoms with van der Waals surface area (Å²) in [4.78, 5) is 4.57. The summed E-state index contributed by atoms with van der Waals surface area (Å²) in [7, 11) is 0. The number of pyridine rings is 1. The number of aliphatic hydroxyl groups is 1. The molecule has 1 aromatic heterocycles. The van der Waals surface area contributed by atoms with Crippen LogP contribution < -0.4 is 16.3 Å². The van der Waals surface area contributed by atoms with Gasteiger partial charge in [-0.25, -0.2) is 19.7 Å². The van der Waals surface area contributed by atoms with Crippen molar-refractivity contribution in [3.63, 3.8) is 0 Å². The Morgan fingerprint density at radius 3 is 2.68 bits per heavy atom. The van der Waals surface area contributed by atoms with Gasteiger partial charge in [-0.1, -0.05) is 12.1 Å². The van der Waals surface area contributed by atoms with E-state index in [-0.39, 0.29) is 24.7 Å². The first-order chi connectivity index (χ1) is 12.0. The van der Waals surface area contributed by atoms with Crippen LogP contribution in [0.1, 0.15) is 11.3 Å². The number of amidine groups is 1. The Labute approximate surface area is 147 Å². The quantitative estimate of drug-likeness (QED) is 0.137. The summed E-state index contributed by atoms with van der Waals surface area (Å²) in [6.45, 7) is 0.374. The van der Waals surface area contributed by atoms with Gasteiger partial charge in [-0.15, -0.1) is 5.10 Å². The zero-order valence-corrected chi connectivity index (χ0v) is 14.0. The van der Waals surface area contributed by atoms with Crippen molar-refractivity contribution in [2.75, 3.05) is 13.2 Å². The number of nitrogens with zero attached hydrogens (tertiary/aromatic N) is 3. The van der Waals surface area contributed by atoms with Crippen LogP contribution in [0.25, 0.3) is 0 Å². The number of benzene rings is 1. The molecule has 25 heavy (non-hydrogen) atoms. The lowest BCUT2D eigenvalue weighted by Gasteiger charge is -2.13. The van der Waals surface area contributed by atoms with Crippen LogP contribution in [0.15, 0.2) is 46.5 Å². The summed E-state index contributed by atoms with van der Waals surface area (Å²) < 4.78 is 29.4. The van der Waals surface area contributed by atoms with E-state index in [0.29, 0.717) is 12.1 Å². The Morgan fingerprint density at radius 1 is 1.32 bits per heavy atom. The van der Waals surface area contributed by atoms with Crippen LogP contribution in [0.4, 0.5) is 8.78 Å². The second kappa shape index (κ2) is 9.28. The molecule has 0 radical (unpaired) electrons. The lowest BCUT2D eigenvalue weighted by Crippen LogP contribution is -2.29. The SMILES string of the molecule is N/C(=N\N(N)Cc1ncc(F)cc1F)c1ccc(SNCCO)cc1. The summed E-state index contributed by atoms with van der Waals surface area (Å²) in [5.74, 6) is 4.26. The van der Waals surface area contributed by atoms with Crippen LogP contribution in [0, 0.1) is 11.6 Å². The van der Waals surface area contributed by atoms with E-state index in [9.17, 15) is 8.78 Å². The number of hydrazone groups is 1. The predicted octanol–water partition coefficient (Wildman–Crippen LogP) is 0.945. The van der Waals surface area contributed by atoms with Crippen LogP contribution in [0.5, 0.6) is 0 Å². The van der Waals surface area contributed by atoms with E-state index >= 15 is 0 Å². The molecule has 0 bridgehead atoms. The van der Waals surface area contributed by atoms with E-state index in [1.165, 1.54) is 11.9 Å². The van der Waals surface area contributed by atoms with Gasteiger partial charge >= 0.3 is 0 Å². The number of hydrogen-bond acceptors (Lipinski definition) is 7. The van der Waals surface area contributed by atoms with E-state index in [0.717, 1.165) is 22.3 Å². The van der Waals surface area contributed by atoms with E-state index in [1.54, 1.807) is 12.1 Å². The van der Waals surface area contributed by atoms with E-state index < -0.39 is 11.6 Å².